The van der Waals surface area contributed by atoms with Crippen molar-refractivity contribution in [1.29, 1.82) is 5.26 Å². The average Bonchev–Trinajstić information content (AvgIpc) is 2.46. The zero-order chi connectivity index (χ0) is 15.4. The summed E-state index contributed by atoms with van der Waals surface area (Å²) in [6.45, 7) is 1.97. The molecule has 0 bridgehead atoms. The molecule has 0 saturated carbocycles. The fourth-order valence-corrected chi connectivity index (χ4v) is 2.29. The first kappa shape index (κ1) is 15.3. The van der Waals surface area contributed by atoms with Gasteiger partial charge >= 0.3 is 0 Å². The molecule has 2 rings (SSSR count). The Bertz CT molecular complexity index is 755. The minimum Gasteiger partial charge on any atom is -0.288 e. The predicted octanol–water partition coefficient (Wildman–Crippen LogP) is 5.09. The lowest BCUT2D eigenvalue weighted by Crippen LogP contribution is -2.02. The van der Waals surface area contributed by atoms with E-state index < -0.39 is 5.78 Å². The predicted molar refractivity (Wildman–Crippen MR) is 85.6 cm³/mol. The smallest absolute Gasteiger partial charge is 0.205 e. The SMILES string of the molecule is Cc1ccc(/C=C(\C#N)C(=O)c2ccc(Cl)cc2Cl)cc1. The van der Waals surface area contributed by atoms with Crippen LogP contribution in [0.2, 0.25) is 10.0 Å². The maximum Gasteiger partial charge on any atom is 0.205 e. The van der Waals surface area contributed by atoms with E-state index >= 15 is 0 Å². The number of ketones is 1. The molecule has 0 atom stereocenters. The second-order valence-electron chi connectivity index (χ2n) is 4.53. The summed E-state index contributed by atoms with van der Waals surface area (Å²) in [5.41, 5.74) is 2.19. The van der Waals surface area contributed by atoms with Crippen LogP contribution in [0.15, 0.2) is 48.0 Å². The number of rotatable bonds is 3. The minimum atomic E-state index is -0.417. The Morgan fingerprint density at radius 1 is 1.14 bits per heavy atom. The zero-order valence-electron chi connectivity index (χ0n) is 11.2. The number of Topliss-reactive ketones (excluding diaryl/α,β-unsaturated/α-hetero) is 1. The third-order valence-electron chi connectivity index (χ3n) is 2.93. The standard InChI is InChI=1S/C17H11Cl2NO/c1-11-2-4-12(5-3-11)8-13(10-20)17(21)15-7-6-14(18)9-16(15)19/h2-9H,1H3/b13-8+. The zero-order valence-corrected chi connectivity index (χ0v) is 12.7. The summed E-state index contributed by atoms with van der Waals surface area (Å²) in [6.07, 6.45) is 1.55. The normalized spacial score (nSPS) is 11.0. The second-order valence-corrected chi connectivity index (χ2v) is 5.38. The quantitative estimate of drug-likeness (QED) is 0.449. The van der Waals surface area contributed by atoms with Gasteiger partial charge in [-0.2, -0.15) is 5.26 Å². The number of hydrogen-bond donors (Lipinski definition) is 0. The molecule has 0 fully saturated rings. The van der Waals surface area contributed by atoms with Crippen LogP contribution in [0.5, 0.6) is 0 Å². The van der Waals surface area contributed by atoms with Crippen LogP contribution in [0.1, 0.15) is 21.5 Å². The lowest BCUT2D eigenvalue weighted by Gasteiger charge is -2.03. The minimum absolute atomic E-state index is 0.0306. The molecule has 0 heterocycles. The third-order valence-corrected chi connectivity index (χ3v) is 3.48. The number of allylic oxidation sites excluding steroid dienone is 1. The van der Waals surface area contributed by atoms with Gasteiger partial charge in [-0.05, 0) is 36.8 Å². The van der Waals surface area contributed by atoms with Crippen LogP contribution in [0.25, 0.3) is 6.08 Å². The van der Waals surface area contributed by atoms with E-state index in [1.54, 1.807) is 12.1 Å². The van der Waals surface area contributed by atoms with Crippen molar-refractivity contribution < 1.29 is 4.79 Å². The van der Waals surface area contributed by atoms with Crippen LogP contribution >= 0.6 is 23.2 Å². The molecule has 2 aromatic carbocycles. The highest BCUT2D eigenvalue weighted by Gasteiger charge is 2.15. The Balaban J connectivity index is 2.39. The van der Waals surface area contributed by atoms with Crippen molar-refractivity contribution in [2.24, 2.45) is 0 Å². The number of nitriles is 1. The van der Waals surface area contributed by atoms with Crippen LogP contribution < -0.4 is 0 Å². The Morgan fingerprint density at radius 3 is 2.38 bits per heavy atom. The van der Waals surface area contributed by atoms with E-state index in [0.29, 0.717) is 5.02 Å². The molecule has 0 saturated heterocycles. The number of aryl methyl sites for hydroxylation is 1. The number of hydrogen-bond acceptors (Lipinski definition) is 2. The lowest BCUT2D eigenvalue weighted by molar-refractivity contribution is 0.104. The number of carbonyl (C=O) groups excluding carboxylic acids is 1. The maximum absolute atomic E-state index is 12.4. The van der Waals surface area contributed by atoms with Crippen molar-refractivity contribution in [3.05, 3.63) is 74.8 Å². The van der Waals surface area contributed by atoms with Gasteiger partial charge in [0.2, 0.25) is 5.78 Å². The van der Waals surface area contributed by atoms with E-state index in [1.807, 2.05) is 37.3 Å². The lowest BCUT2D eigenvalue weighted by atomic mass is 10.0. The van der Waals surface area contributed by atoms with Gasteiger partial charge in [0.25, 0.3) is 0 Å². The largest absolute Gasteiger partial charge is 0.288 e. The van der Waals surface area contributed by atoms with Crippen LogP contribution in [0, 0.1) is 18.3 Å². The molecule has 2 nitrogen and oxygen atoms in total. The average molecular weight is 316 g/mol. The molecule has 21 heavy (non-hydrogen) atoms. The molecule has 0 spiro atoms. The first-order valence-electron chi connectivity index (χ1n) is 6.19. The number of nitrogens with zero attached hydrogens (tertiary/aromatic N) is 1. The van der Waals surface area contributed by atoms with E-state index in [4.69, 9.17) is 23.2 Å². The summed E-state index contributed by atoms with van der Waals surface area (Å²) in [4.78, 5) is 12.4. The molecule has 0 aliphatic carbocycles. The molecular weight excluding hydrogens is 305 g/mol. The van der Waals surface area contributed by atoms with E-state index in [0.717, 1.165) is 11.1 Å². The van der Waals surface area contributed by atoms with Crippen molar-refractivity contribution in [2.45, 2.75) is 6.92 Å². The van der Waals surface area contributed by atoms with Crippen molar-refractivity contribution >= 4 is 35.1 Å². The topological polar surface area (TPSA) is 40.9 Å². The van der Waals surface area contributed by atoms with Crippen molar-refractivity contribution in [2.75, 3.05) is 0 Å². The van der Waals surface area contributed by atoms with Gasteiger partial charge in [0.05, 0.1) is 5.02 Å². The molecule has 0 radical (unpaired) electrons. The van der Waals surface area contributed by atoms with Gasteiger partial charge in [-0.1, -0.05) is 53.0 Å². The molecule has 104 valence electrons. The Labute approximate surface area is 133 Å². The molecule has 2 aromatic rings. The van der Waals surface area contributed by atoms with Crippen LogP contribution in [-0.4, -0.2) is 5.78 Å². The molecule has 0 unspecified atom stereocenters. The van der Waals surface area contributed by atoms with E-state index in [2.05, 4.69) is 0 Å². The van der Waals surface area contributed by atoms with Gasteiger partial charge in [0.1, 0.15) is 11.6 Å². The van der Waals surface area contributed by atoms with Crippen molar-refractivity contribution in [3.8, 4) is 6.07 Å². The summed E-state index contributed by atoms with van der Waals surface area (Å²) < 4.78 is 0. The molecule has 0 aliphatic heterocycles. The van der Waals surface area contributed by atoms with Gasteiger partial charge in [0, 0.05) is 10.6 Å². The monoisotopic (exact) mass is 315 g/mol. The van der Waals surface area contributed by atoms with E-state index in [-0.39, 0.29) is 16.2 Å². The van der Waals surface area contributed by atoms with Gasteiger partial charge in [-0.25, -0.2) is 0 Å². The van der Waals surface area contributed by atoms with Gasteiger partial charge in [-0.15, -0.1) is 0 Å². The Kier molecular flexibility index (Phi) is 4.80. The van der Waals surface area contributed by atoms with Crippen LogP contribution in [0.3, 0.4) is 0 Å². The van der Waals surface area contributed by atoms with Gasteiger partial charge in [0.15, 0.2) is 0 Å². The highest BCUT2D eigenvalue weighted by molar-refractivity contribution is 6.37. The summed E-state index contributed by atoms with van der Waals surface area (Å²) >= 11 is 11.8. The Morgan fingerprint density at radius 2 is 1.81 bits per heavy atom. The number of carbonyl (C=O) groups is 1. The second kappa shape index (κ2) is 6.58. The maximum atomic E-state index is 12.4. The summed E-state index contributed by atoms with van der Waals surface area (Å²) in [5, 5.41) is 9.89. The van der Waals surface area contributed by atoms with Crippen LogP contribution in [0.4, 0.5) is 0 Å². The highest BCUT2D eigenvalue weighted by atomic mass is 35.5. The van der Waals surface area contributed by atoms with Gasteiger partial charge in [-0.3, -0.25) is 4.79 Å². The molecular formula is C17H11Cl2NO. The first-order chi connectivity index (χ1) is 10.0. The highest BCUT2D eigenvalue weighted by Crippen LogP contribution is 2.24. The van der Waals surface area contributed by atoms with Crippen LogP contribution in [-0.2, 0) is 0 Å². The van der Waals surface area contributed by atoms with Crippen molar-refractivity contribution in [3.63, 3.8) is 0 Å². The fraction of sp³-hybridized carbons (Fsp3) is 0.0588. The van der Waals surface area contributed by atoms with E-state index in [1.165, 1.54) is 12.1 Å². The summed E-state index contributed by atoms with van der Waals surface area (Å²) in [6, 6.07) is 14.0. The summed E-state index contributed by atoms with van der Waals surface area (Å²) in [7, 11) is 0. The van der Waals surface area contributed by atoms with Crippen molar-refractivity contribution in [1.82, 2.24) is 0 Å². The fourth-order valence-electron chi connectivity index (χ4n) is 1.80. The molecule has 0 amide bonds. The molecule has 0 aliphatic rings. The Hall–Kier alpha value is -2.08. The first-order valence-corrected chi connectivity index (χ1v) is 6.95. The molecule has 4 heteroatoms. The van der Waals surface area contributed by atoms with E-state index in [9.17, 15) is 10.1 Å². The molecule has 0 aromatic heterocycles. The summed E-state index contributed by atoms with van der Waals surface area (Å²) in [5.74, 6) is -0.417. The van der Waals surface area contributed by atoms with Gasteiger partial charge < -0.3 is 0 Å². The number of halogens is 2. The third kappa shape index (κ3) is 3.72. The molecule has 0 N–H and O–H groups in total. The number of benzene rings is 2.